The number of imide groups is 1. The zero-order valence-electron chi connectivity index (χ0n) is 21.0. The molecule has 3 aliphatic rings. The second kappa shape index (κ2) is 10.0. The first-order chi connectivity index (χ1) is 15.5. The molecule has 0 aromatic rings. The highest BCUT2D eigenvalue weighted by molar-refractivity contribution is 6.09. The molecule has 3 fully saturated rings. The maximum Gasteiger partial charge on any atom is 0.325 e. The first-order valence-corrected chi connectivity index (χ1v) is 12.7. The van der Waals surface area contributed by atoms with E-state index in [1.807, 2.05) is 6.92 Å². The number of carbonyl (C=O) groups excluding carboxylic acids is 4. The van der Waals surface area contributed by atoms with E-state index in [0.717, 1.165) is 43.4 Å². The normalized spacial score (nSPS) is 29.2. The molecule has 0 radical (unpaired) electrons. The van der Waals surface area contributed by atoms with Crippen molar-refractivity contribution in [2.45, 2.75) is 97.6 Å². The number of likely N-dealkylation sites (tertiary alicyclic amines) is 1. The molecule has 0 bridgehead atoms. The van der Waals surface area contributed by atoms with E-state index < -0.39 is 11.6 Å². The molecule has 2 N–H and O–H groups in total. The quantitative estimate of drug-likeness (QED) is 0.593. The van der Waals surface area contributed by atoms with Gasteiger partial charge in [0, 0.05) is 19.1 Å². The number of hydrogen-bond donors (Lipinski definition) is 2. The number of amides is 5. The molecule has 1 spiro atoms. The van der Waals surface area contributed by atoms with E-state index in [2.05, 4.69) is 38.3 Å². The number of nitrogens with one attached hydrogen (secondary N) is 2. The van der Waals surface area contributed by atoms with Crippen LogP contribution in [0.1, 0.15) is 86.0 Å². The molecular weight excluding hydrogens is 420 g/mol. The molecule has 0 aromatic heterocycles. The lowest BCUT2D eigenvalue weighted by Gasteiger charge is -2.40. The van der Waals surface area contributed by atoms with Crippen molar-refractivity contribution in [2.75, 3.05) is 19.6 Å². The molecule has 5 amide bonds. The van der Waals surface area contributed by atoms with Gasteiger partial charge in [0.25, 0.3) is 5.91 Å². The maximum absolute atomic E-state index is 13.2. The number of carbonyl (C=O) groups is 4. The Morgan fingerprint density at radius 2 is 1.85 bits per heavy atom. The Morgan fingerprint density at radius 3 is 2.45 bits per heavy atom. The summed E-state index contributed by atoms with van der Waals surface area (Å²) in [6.07, 6.45) is 6.41. The van der Waals surface area contributed by atoms with Crippen LogP contribution in [-0.4, -0.2) is 64.8 Å². The fourth-order valence-corrected chi connectivity index (χ4v) is 5.65. The molecule has 1 saturated carbocycles. The second-order valence-electron chi connectivity index (χ2n) is 11.4. The lowest BCUT2D eigenvalue weighted by molar-refractivity contribution is -0.142. The summed E-state index contributed by atoms with van der Waals surface area (Å²) >= 11 is 0. The topological polar surface area (TPSA) is 98.8 Å². The van der Waals surface area contributed by atoms with Gasteiger partial charge in [-0.05, 0) is 63.2 Å². The van der Waals surface area contributed by atoms with Crippen LogP contribution in [0.2, 0.25) is 0 Å². The van der Waals surface area contributed by atoms with E-state index in [1.165, 1.54) is 0 Å². The van der Waals surface area contributed by atoms with Gasteiger partial charge in [-0.2, -0.15) is 0 Å². The van der Waals surface area contributed by atoms with Gasteiger partial charge in [-0.15, -0.1) is 0 Å². The van der Waals surface area contributed by atoms with Gasteiger partial charge in [0.2, 0.25) is 11.8 Å². The van der Waals surface area contributed by atoms with E-state index in [1.54, 1.807) is 4.90 Å². The third-order valence-corrected chi connectivity index (χ3v) is 7.86. The van der Waals surface area contributed by atoms with Crippen molar-refractivity contribution in [3.8, 4) is 0 Å². The number of rotatable bonds is 6. The molecule has 3 rings (SSSR count). The summed E-state index contributed by atoms with van der Waals surface area (Å²) in [6.45, 7) is 11.4. The minimum atomic E-state index is -0.862. The minimum Gasteiger partial charge on any atom is -0.353 e. The molecule has 2 atom stereocenters. The summed E-state index contributed by atoms with van der Waals surface area (Å²) in [5.74, 6) is -0.284. The van der Waals surface area contributed by atoms with Crippen LogP contribution in [0.5, 0.6) is 0 Å². The Morgan fingerprint density at radius 1 is 1.18 bits per heavy atom. The van der Waals surface area contributed by atoms with Gasteiger partial charge in [0.1, 0.15) is 12.1 Å². The predicted octanol–water partition coefficient (Wildman–Crippen LogP) is 3.06. The van der Waals surface area contributed by atoms with E-state index in [4.69, 9.17) is 0 Å². The van der Waals surface area contributed by atoms with E-state index in [9.17, 15) is 19.2 Å². The molecule has 1 aliphatic carbocycles. The van der Waals surface area contributed by atoms with Crippen molar-refractivity contribution < 1.29 is 19.2 Å². The first-order valence-electron chi connectivity index (χ1n) is 12.7. The van der Waals surface area contributed by atoms with Crippen molar-refractivity contribution in [1.29, 1.82) is 0 Å². The number of urea groups is 1. The van der Waals surface area contributed by atoms with Gasteiger partial charge in [-0.3, -0.25) is 19.3 Å². The van der Waals surface area contributed by atoms with Crippen LogP contribution in [0.15, 0.2) is 0 Å². The van der Waals surface area contributed by atoms with Crippen molar-refractivity contribution in [2.24, 2.45) is 17.3 Å². The van der Waals surface area contributed by atoms with Crippen LogP contribution in [0, 0.1) is 17.3 Å². The zero-order chi connectivity index (χ0) is 24.4. The molecule has 0 unspecified atom stereocenters. The van der Waals surface area contributed by atoms with Crippen molar-refractivity contribution in [3.63, 3.8) is 0 Å². The van der Waals surface area contributed by atoms with Crippen LogP contribution in [0.25, 0.3) is 0 Å². The summed E-state index contributed by atoms with van der Waals surface area (Å²) in [6, 6.07) is -0.355. The standard InChI is InChI=1S/C25H42N4O4/c1-6-8-17(2)26-21(31)18-9-7-14-28(15-18)20(30)16-29-22(32)25(27-23(29)33)12-10-19(11-13-25)24(3,4)5/h17-19H,6-16H2,1-5H3,(H,26,31)(H,27,33)/t17-,18-,19?,25?/m0/s1. The van der Waals surface area contributed by atoms with Crippen LogP contribution < -0.4 is 10.6 Å². The van der Waals surface area contributed by atoms with Crippen molar-refractivity contribution >= 4 is 23.8 Å². The van der Waals surface area contributed by atoms with Gasteiger partial charge < -0.3 is 15.5 Å². The Balaban J connectivity index is 1.57. The van der Waals surface area contributed by atoms with Gasteiger partial charge in [0.15, 0.2) is 0 Å². The monoisotopic (exact) mass is 462 g/mol. The summed E-state index contributed by atoms with van der Waals surface area (Å²) in [5.41, 5.74) is -0.687. The smallest absolute Gasteiger partial charge is 0.325 e. The maximum atomic E-state index is 13.2. The molecule has 0 aromatic carbocycles. The van der Waals surface area contributed by atoms with E-state index in [-0.39, 0.29) is 41.6 Å². The van der Waals surface area contributed by atoms with Crippen LogP contribution in [0.3, 0.4) is 0 Å². The molecular formula is C25H42N4O4. The van der Waals surface area contributed by atoms with Gasteiger partial charge in [0.05, 0.1) is 5.92 Å². The third kappa shape index (κ3) is 5.69. The summed E-state index contributed by atoms with van der Waals surface area (Å²) in [7, 11) is 0. The highest BCUT2D eigenvalue weighted by Crippen LogP contribution is 2.43. The van der Waals surface area contributed by atoms with Crippen LogP contribution in [0.4, 0.5) is 4.79 Å². The molecule has 8 nitrogen and oxygen atoms in total. The minimum absolute atomic E-state index is 0.0157. The van der Waals surface area contributed by atoms with Gasteiger partial charge in [-0.1, -0.05) is 34.1 Å². The largest absolute Gasteiger partial charge is 0.353 e. The number of hydrogen-bond acceptors (Lipinski definition) is 4. The Hall–Kier alpha value is -2.12. The molecule has 2 aliphatic heterocycles. The predicted molar refractivity (Wildman–Crippen MR) is 126 cm³/mol. The van der Waals surface area contributed by atoms with Crippen molar-refractivity contribution in [1.82, 2.24) is 20.4 Å². The van der Waals surface area contributed by atoms with Crippen molar-refractivity contribution in [3.05, 3.63) is 0 Å². The fraction of sp³-hybridized carbons (Fsp3) is 0.840. The SMILES string of the molecule is CCC[C@H](C)NC(=O)[C@H]1CCCN(C(=O)CN2C(=O)NC3(CCC(C(C)(C)C)CC3)C2=O)C1. The Labute approximate surface area is 198 Å². The first kappa shape index (κ1) is 25.5. The molecule has 33 heavy (non-hydrogen) atoms. The Kier molecular flexibility index (Phi) is 7.74. The number of piperidine rings is 1. The fourth-order valence-electron chi connectivity index (χ4n) is 5.65. The Bertz CT molecular complexity index is 767. The average molecular weight is 463 g/mol. The van der Waals surface area contributed by atoms with E-state index in [0.29, 0.717) is 31.8 Å². The molecule has 2 heterocycles. The highest BCUT2D eigenvalue weighted by Gasteiger charge is 2.53. The average Bonchev–Trinajstić information content (AvgIpc) is 2.97. The van der Waals surface area contributed by atoms with Crippen LogP contribution >= 0.6 is 0 Å². The molecule has 2 saturated heterocycles. The highest BCUT2D eigenvalue weighted by atomic mass is 16.2. The van der Waals surface area contributed by atoms with Gasteiger partial charge in [-0.25, -0.2) is 4.79 Å². The van der Waals surface area contributed by atoms with E-state index >= 15 is 0 Å². The number of nitrogens with zero attached hydrogens (tertiary/aromatic N) is 2. The van der Waals surface area contributed by atoms with Crippen LogP contribution in [-0.2, 0) is 14.4 Å². The lowest BCUT2D eigenvalue weighted by Crippen LogP contribution is -2.52. The lowest BCUT2D eigenvalue weighted by atomic mass is 9.67. The summed E-state index contributed by atoms with van der Waals surface area (Å²) in [4.78, 5) is 54.3. The summed E-state index contributed by atoms with van der Waals surface area (Å²) < 4.78 is 0. The molecule has 186 valence electrons. The second-order valence-corrected chi connectivity index (χ2v) is 11.4. The molecule has 8 heteroatoms. The third-order valence-electron chi connectivity index (χ3n) is 7.86. The van der Waals surface area contributed by atoms with Gasteiger partial charge >= 0.3 is 6.03 Å². The summed E-state index contributed by atoms with van der Waals surface area (Å²) in [5, 5.41) is 5.96. The zero-order valence-corrected chi connectivity index (χ0v) is 21.0.